The molecule has 3 heterocycles. The molecule has 3 aromatic heterocycles. The van der Waals surface area contributed by atoms with Crippen LogP contribution < -0.4 is 5.56 Å². The van der Waals surface area contributed by atoms with Crippen molar-refractivity contribution < 1.29 is 22.4 Å². The number of nitrogens with zero attached hydrogens (tertiary/aromatic N) is 4. The number of rotatable bonds is 9. The minimum Gasteiger partial charge on any atom is -0.467 e. The normalized spacial score (nSPS) is 11.9. The zero-order chi connectivity index (χ0) is 25.2. The third kappa shape index (κ3) is 4.77. The standard InChI is InChI=1S/C24H26N4O6S/c1-4-27(5-2)35(31,32)18-13-21(26(3)15-18)24(30)34-16-22-25-20-11-7-6-10-19(20)23(29)28(22)14-17-9-8-12-33-17/h6-13,15H,4-5,14,16H2,1-3H3. The predicted octanol–water partition coefficient (Wildman–Crippen LogP) is 2.76. The van der Waals surface area contributed by atoms with Crippen molar-refractivity contribution in [3.63, 3.8) is 0 Å². The average molecular weight is 499 g/mol. The second-order valence-corrected chi connectivity index (χ2v) is 9.79. The molecule has 0 fully saturated rings. The molecule has 0 unspecified atom stereocenters. The molecule has 184 valence electrons. The molecule has 0 aliphatic rings. The van der Waals surface area contributed by atoms with E-state index >= 15 is 0 Å². The summed E-state index contributed by atoms with van der Waals surface area (Å²) in [6.45, 7) is 3.95. The van der Waals surface area contributed by atoms with E-state index in [4.69, 9.17) is 9.15 Å². The number of aryl methyl sites for hydroxylation is 1. The van der Waals surface area contributed by atoms with Gasteiger partial charge in [-0.3, -0.25) is 9.36 Å². The highest BCUT2D eigenvalue weighted by atomic mass is 32.2. The minimum absolute atomic E-state index is 0.00853. The smallest absolute Gasteiger partial charge is 0.355 e. The van der Waals surface area contributed by atoms with Crippen LogP contribution in [0.1, 0.15) is 35.9 Å². The lowest BCUT2D eigenvalue weighted by Gasteiger charge is -2.17. The van der Waals surface area contributed by atoms with Crippen molar-refractivity contribution in [1.29, 1.82) is 0 Å². The summed E-state index contributed by atoms with van der Waals surface area (Å²) in [4.78, 5) is 30.6. The maximum atomic E-state index is 13.1. The summed E-state index contributed by atoms with van der Waals surface area (Å²) in [6, 6.07) is 11.7. The molecule has 0 spiro atoms. The third-order valence-corrected chi connectivity index (χ3v) is 7.71. The fourth-order valence-electron chi connectivity index (χ4n) is 3.84. The first-order valence-electron chi connectivity index (χ1n) is 11.1. The molecule has 0 aliphatic heterocycles. The lowest BCUT2D eigenvalue weighted by atomic mass is 10.2. The quantitative estimate of drug-likeness (QED) is 0.326. The maximum absolute atomic E-state index is 13.1. The lowest BCUT2D eigenvalue weighted by molar-refractivity contribution is 0.0445. The topological polar surface area (TPSA) is 117 Å². The fraction of sp³-hybridized carbons (Fsp3) is 0.292. The Hall–Kier alpha value is -3.70. The molecule has 11 heteroatoms. The molecule has 1 aromatic carbocycles. The zero-order valence-electron chi connectivity index (χ0n) is 19.7. The Balaban J connectivity index is 1.63. The van der Waals surface area contributed by atoms with Gasteiger partial charge in [0, 0.05) is 26.3 Å². The number of aromatic nitrogens is 3. The van der Waals surface area contributed by atoms with E-state index in [1.54, 1.807) is 57.3 Å². The van der Waals surface area contributed by atoms with Gasteiger partial charge >= 0.3 is 5.97 Å². The summed E-state index contributed by atoms with van der Waals surface area (Å²) >= 11 is 0. The minimum atomic E-state index is -3.73. The van der Waals surface area contributed by atoms with Crippen molar-refractivity contribution in [3.8, 4) is 0 Å². The molecule has 4 aromatic rings. The SMILES string of the molecule is CCN(CC)S(=O)(=O)c1cc(C(=O)OCc2nc3ccccc3c(=O)n2Cc2ccco2)n(C)c1. The van der Waals surface area contributed by atoms with Crippen molar-refractivity contribution in [2.45, 2.75) is 31.9 Å². The summed E-state index contributed by atoms with van der Waals surface area (Å²) in [7, 11) is -2.16. The van der Waals surface area contributed by atoms with E-state index in [0.717, 1.165) is 0 Å². The van der Waals surface area contributed by atoms with Gasteiger partial charge in [-0.2, -0.15) is 4.31 Å². The van der Waals surface area contributed by atoms with E-state index in [9.17, 15) is 18.0 Å². The molecule has 35 heavy (non-hydrogen) atoms. The van der Waals surface area contributed by atoms with Gasteiger partial charge in [0.05, 0.1) is 23.7 Å². The number of hydrogen-bond acceptors (Lipinski definition) is 7. The summed E-state index contributed by atoms with van der Waals surface area (Å²) in [6.07, 6.45) is 2.89. The van der Waals surface area contributed by atoms with Gasteiger partial charge in [-0.15, -0.1) is 0 Å². The van der Waals surface area contributed by atoms with Crippen molar-refractivity contribution in [3.05, 3.63) is 82.6 Å². The number of furan rings is 1. The van der Waals surface area contributed by atoms with Crippen LogP contribution in [0.5, 0.6) is 0 Å². The fourth-order valence-corrected chi connectivity index (χ4v) is 5.37. The van der Waals surface area contributed by atoms with Crippen LogP contribution in [0, 0.1) is 0 Å². The average Bonchev–Trinajstić information content (AvgIpc) is 3.50. The number of esters is 1. The highest BCUT2D eigenvalue weighted by Crippen LogP contribution is 2.19. The highest BCUT2D eigenvalue weighted by molar-refractivity contribution is 7.89. The van der Waals surface area contributed by atoms with Crippen molar-refractivity contribution in [1.82, 2.24) is 18.4 Å². The van der Waals surface area contributed by atoms with Gasteiger partial charge in [-0.05, 0) is 30.3 Å². The Labute approximate surface area is 202 Å². The van der Waals surface area contributed by atoms with Gasteiger partial charge in [-0.25, -0.2) is 18.2 Å². The van der Waals surface area contributed by atoms with Crippen molar-refractivity contribution in [2.75, 3.05) is 13.1 Å². The van der Waals surface area contributed by atoms with Gasteiger partial charge in [0.2, 0.25) is 10.0 Å². The largest absolute Gasteiger partial charge is 0.467 e. The van der Waals surface area contributed by atoms with Crippen LogP contribution in [0.4, 0.5) is 0 Å². The Morgan fingerprint density at radius 2 is 1.89 bits per heavy atom. The molecule has 0 radical (unpaired) electrons. The molecule has 0 N–H and O–H groups in total. The van der Waals surface area contributed by atoms with Crippen LogP contribution in [0.3, 0.4) is 0 Å². The first-order chi connectivity index (χ1) is 16.8. The number of hydrogen-bond donors (Lipinski definition) is 0. The Kier molecular flexibility index (Phi) is 6.90. The first-order valence-corrected chi connectivity index (χ1v) is 12.5. The van der Waals surface area contributed by atoms with Crippen LogP contribution >= 0.6 is 0 Å². The van der Waals surface area contributed by atoms with Crippen molar-refractivity contribution >= 4 is 26.9 Å². The van der Waals surface area contributed by atoms with Crippen LogP contribution in [-0.4, -0.2) is 45.9 Å². The number of carbonyl (C=O) groups excluding carboxylic acids is 1. The van der Waals surface area contributed by atoms with E-state index in [1.165, 1.54) is 32.0 Å². The van der Waals surface area contributed by atoms with Crippen LogP contribution in [0.25, 0.3) is 10.9 Å². The Morgan fingerprint density at radius 3 is 2.57 bits per heavy atom. The molecule has 0 saturated heterocycles. The highest BCUT2D eigenvalue weighted by Gasteiger charge is 2.26. The van der Waals surface area contributed by atoms with Crippen LogP contribution in [-0.2, 0) is 35.0 Å². The van der Waals surface area contributed by atoms with E-state index < -0.39 is 16.0 Å². The Bertz CT molecular complexity index is 1520. The van der Waals surface area contributed by atoms with Gasteiger partial charge in [0.1, 0.15) is 23.0 Å². The molecule has 0 atom stereocenters. The molecule has 0 bridgehead atoms. The number of sulfonamides is 1. The summed E-state index contributed by atoms with van der Waals surface area (Å²) in [5.74, 6) is 0.0505. The van der Waals surface area contributed by atoms with Crippen LogP contribution in [0.15, 0.2) is 69.0 Å². The van der Waals surface area contributed by atoms with Crippen LogP contribution in [0.2, 0.25) is 0 Å². The van der Waals surface area contributed by atoms with Crippen molar-refractivity contribution in [2.24, 2.45) is 7.05 Å². The summed E-state index contributed by atoms with van der Waals surface area (Å²) in [5.41, 5.74) is 0.256. The predicted molar refractivity (Wildman–Crippen MR) is 128 cm³/mol. The number of fused-ring (bicyclic) bond motifs is 1. The van der Waals surface area contributed by atoms with E-state index in [-0.39, 0.29) is 35.1 Å². The summed E-state index contributed by atoms with van der Waals surface area (Å²) in [5, 5.41) is 0.433. The molecular formula is C24H26N4O6S. The van der Waals surface area contributed by atoms with Gasteiger partial charge in [0.25, 0.3) is 5.56 Å². The molecule has 0 amide bonds. The third-order valence-electron chi connectivity index (χ3n) is 5.70. The monoisotopic (exact) mass is 498 g/mol. The van der Waals surface area contributed by atoms with E-state index in [1.807, 2.05) is 0 Å². The van der Waals surface area contributed by atoms with Gasteiger partial charge < -0.3 is 13.7 Å². The molecule has 10 nitrogen and oxygen atoms in total. The number of benzene rings is 1. The second kappa shape index (κ2) is 9.88. The Morgan fingerprint density at radius 1 is 1.14 bits per heavy atom. The molecule has 4 rings (SSSR count). The number of carbonyl (C=O) groups is 1. The molecule has 0 aliphatic carbocycles. The summed E-state index contributed by atoms with van der Waals surface area (Å²) < 4.78 is 40.6. The molecular weight excluding hydrogens is 472 g/mol. The molecule has 0 saturated carbocycles. The van der Waals surface area contributed by atoms with Gasteiger partial charge in [-0.1, -0.05) is 26.0 Å². The lowest BCUT2D eigenvalue weighted by Crippen LogP contribution is -2.30. The van der Waals surface area contributed by atoms with E-state index in [2.05, 4.69) is 4.98 Å². The number of para-hydroxylation sites is 1. The maximum Gasteiger partial charge on any atom is 0.355 e. The van der Waals surface area contributed by atoms with E-state index in [0.29, 0.717) is 29.8 Å². The second-order valence-electron chi connectivity index (χ2n) is 7.85. The van der Waals surface area contributed by atoms with Gasteiger partial charge in [0.15, 0.2) is 5.82 Å². The number of ether oxygens (including phenoxy) is 1. The zero-order valence-corrected chi connectivity index (χ0v) is 20.5. The first kappa shape index (κ1) is 24.4.